The van der Waals surface area contributed by atoms with Gasteiger partial charge in [0.2, 0.25) is 0 Å². The highest BCUT2D eigenvalue weighted by atomic mass is 35.5. The Morgan fingerprint density at radius 3 is 2.30 bits per heavy atom. The molecule has 9 heteroatoms. The number of urea groups is 1. The lowest BCUT2D eigenvalue weighted by Crippen LogP contribution is -2.54. The quantitative estimate of drug-likeness (QED) is 0.554. The minimum Gasteiger partial charge on any atom is -0.505 e. The number of barbiturate groups is 1. The summed E-state index contributed by atoms with van der Waals surface area (Å²) < 4.78 is 0. The third kappa shape index (κ3) is 3.64. The van der Waals surface area contributed by atoms with Crippen LogP contribution in [0.1, 0.15) is 11.1 Å². The van der Waals surface area contributed by atoms with Crippen LogP contribution in [0.4, 0.5) is 10.5 Å². The van der Waals surface area contributed by atoms with Crippen molar-refractivity contribution in [2.45, 2.75) is 6.92 Å². The highest BCUT2D eigenvalue weighted by Gasteiger charge is 2.37. The summed E-state index contributed by atoms with van der Waals surface area (Å²) in [7, 11) is 0. The molecular weight excluding hydrogens is 415 g/mol. The Labute approximate surface area is 168 Å². The summed E-state index contributed by atoms with van der Waals surface area (Å²) in [4.78, 5) is 38.2. The van der Waals surface area contributed by atoms with Crippen LogP contribution in [0.2, 0.25) is 15.1 Å². The van der Waals surface area contributed by atoms with Crippen molar-refractivity contribution in [3.63, 3.8) is 0 Å². The second-order valence-corrected chi connectivity index (χ2v) is 6.97. The van der Waals surface area contributed by atoms with Gasteiger partial charge in [0.1, 0.15) is 5.57 Å². The molecule has 1 aliphatic heterocycles. The minimum atomic E-state index is -0.880. The highest BCUT2D eigenvalue weighted by molar-refractivity contribution is 6.40. The van der Waals surface area contributed by atoms with E-state index in [1.807, 2.05) is 0 Å². The van der Waals surface area contributed by atoms with Crippen LogP contribution in [0.25, 0.3) is 6.08 Å². The number of phenols is 1. The molecule has 2 aromatic carbocycles. The maximum absolute atomic E-state index is 12.9. The van der Waals surface area contributed by atoms with Gasteiger partial charge in [-0.3, -0.25) is 14.9 Å². The summed E-state index contributed by atoms with van der Waals surface area (Å²) >= 11 is 17.7. The number of amides is 4. The van der Waals surface area contributed by atoms with Crippen LogP contribution in [0.3, 0.4) is 0 Å². The SMILES string of the molecule is Cc1ccc(Cl)cc1N1C(=O)NC(=O)/C(=C\c2cc(Cl)c(O)c(Cl)c2)C1=O. The van der Waals surface area contributed by atoms with Gasteiger partial charge in [0.15, 0.2) is 5.75 Å². The van der Waals surface area contributed by atoms with Crippen LogP contribution in [-0.2, 0) is 9.59 Å². The Kier molecular flexibility index (Phi) is 5.15. The molecule has 3 rings (SSSR count). The van der Waals surface area contributed by atoms with Gasteiger partial charge in [-0.15, -0.1) is 0 Å². The fraction of sp³-hybridized carbons (Fsp3) is 0.0556. The molecule has 138 valence electrons. The normalized spacial score (nSPS) is 16.1. The van der Waals surface area contributed by atoms with E-state index in [2.05, 4.69) is 5.32 Å². The zero-order valence-corrected chi connectivity index (χ0v) is 16.0. The molecule has 0 aliphatic carbocycles. The molecule has 6 nitrogen and oxygen atoms in total. The third-order valence-electron chi connectivity index (χ3n) is 3.86. The van der Waals surface area contributed by atoms with E-state index in [1.165, 1.54) is 24.3 Å². The van der Waals surface area contributed by atoms with Gasteiger partial charge in [0.25, 0.3) is 11.8 Å². The summed E-state index contributed by atoms with van der Waals surface area (Å²) in [6, 6.07) is 6.51. The number of phenolic OH excluding ortho intramolecular Hbond substituents is 1. The molecule has 0 atom stereocenters. The lowest BCUT2D eigenvalue weighted by atomic mass is 10.1. The number of imide groups is 2. The van der Waals surface area contributed by atoms with Gasteiger partial charge in [-0.1, -0.05) is 40.9 Å². The first-order chi connectivity index (χ1) is 12.7. The molecule has 0 spiro atoms. The molecule has 0 radical (unpaired) electrons. The number of hydrogen-bond acceptors (Lipinski definition) is 4. The van der Waals surface area contributed by atoms with E-state index >= 15 is 0 Å². The van der Waals surface area contributed by atoms with Crippen LogP contribution in [-0.4, -0.2) is 23.0 Å². The predicted octanol–water partition coefficient (Wildman–Crippen LogP) is 4.33. The molecule has 0 unspecified atom stereocenters. The minimum absolute atomic E-state index is 0.0448. The lowest BCUT2D eigenvalue weighted by molar-refractivity contribution is -0.122. The van der Waals surface area contributed by atoms with Crippen molar-refractivity contribution >= 4 is 64.4 Å². The van der Waals surface area contributed by atoms with Crippen LogP contribution in [0, 0.1) is 6.92 Å². The number of carbonyl (C=O) groups excluding carboxylic acids is 3. The molecule has 1 fully saturated rings. The first-order valence-corrected chi connectivity index (χ1v) is 8.68. The second-order valence-electron chi connectivity index (χ2n) is 5.72. The van der Waals surface area contributed by atoms with E-state index in [4.69, 9.17) is 34.8 Å². The van der Waals surface area contributed by atoms with E-state index in [9.17, 15) is 19.5 Å². The molecule has 2 N–H and O–H groups in total. The molecule has 0 aromatic heterocycles. The van der Waals surface area contributed by atoms with Crippen LogP contribution < -0.4 is 10.2 Å². The van der Waals surface area contributed by atoms with Gasteiger partial charge < -0.3 is 5.11 Å². The number of hydrogen-bond donors (Lipinski definition) is 2. The predicted molar refractivity (Wildman–Crippen MR) is 103 cm³/mol. The fourth-order valence-corrected chi connectivity index (χ4v) is 3.21. The number of nitrogens with zero attached hydrogens (tertiary/aromatic N) is 1. The smallest absolute Gasteiger partial charge is 0.335 e. The largest absolute Gasteiger partial charge is 0.505 e. The Morgan fingerprint density at radius 1 is 1.04 bits per heavy atom. The molecule has 0 saturated carbocycles. The van der Waals surface area contributed by atoms with E-state index in [-0.39, 0.29) is 27.1 Å². The van der Waals surface area contributed by atoms with Crippen molar-refractivity contribution in [2.75, 3.05) is 4.90 Å². The van der Waals surface area contributed by atoms with E-state index in [1.54, 1.807) is 19.1 Å². The van der Waals surface area contributed by atoms with Gasteiger partial charge in [-0.25, -0.2) is 9.69 Å². The number of aryl methyl sites for hydroxylation is 1. The maximum atomic E-state index is 12.9. The van der Waals surface area contributed by atoms with Crippen molar-refractivity contribution < 1.29 is 19.5 Å². The Hall–Kier alpha value is -2.54. The van der Waals surface area contributed by atoms with Crippen molar-refractivity contribution in [1.82, 2.24) is 5.32 Å². The van der Waals surface area contributed by atoms with E-state index < -0.39 is 17.8 Å². The molecular formula is C18H11Cl3N2O4. The Balaban J connectivity index is 2.09. The topological polar surface area (TPSA) is 86.7 Å². The number of nitrogens with one attached hydrogen (secondary N) is 1. The molecule has 1 saturated heterocycles. The lowest BCUT2D eigenvalue weighted by Gasteiger charge is -2.27. The van der Waals surface area contributed by atoms with Crippen molar-refractivity contribution in [3.8, 4) is 5.75 Å². The van der Waals surface area contributed by atoms with Crippen LogP contribution in [0.5, 0.6) is 5.75 Å². The summed E-state index contributed by atoms with van der Waals surface area (Å²) in [6.45, 7) is 1.70. The summed E-state index contributed by atoms with van der Waals surface area (Å²) in [5.41, 5.74) is 0.878. The van der Waals surface area contributed by atoms with Crippen molar-refractivity contribution in [2.24, 2.45) is 0 Å². The number of rotatable bonds is 2. The van der Waals surface area contributed by atoms with Crippen molar-refractivity contribution in [3.05, 3.63) is 62.1 Å². The van der Waals surface area contributed by atoms with E-state index in [0.717, 1.165) is 4.90 Å². The number of benzene rings is 2. The number of anilines is 1. The first-order valence-electron chi connectivity index (χ1n) is 7.54. The molecule has 1 aliphatic rings. The van der Waals surface area contributed by atoms with Gasteiger partial charge in [-0.05, 0) is 48.4 Å². The van der Waals surface area contributed by atoms with Crippen LogP contribution in [0.15, 0.2) is 35.9 Å². The molecule has 27 heavy (non-hydrogen) atoms. The zero-order chi connectivity index (χ0) is 19.9. The number of carbonyl (C=O) groups is 3. The average Bonchev–Trinajstić information content (AvgIpc) is 2.59. The van der Waals surface area contributed by atoms with Gasteiger partial charge in [-0.2, -0.15) is 0 Å². The molecule has 4 amide bonds. The van der Waals surface area contributed by atoms with Gasteiger partial charge in [0, 0.05) is 5.02 Å². The average molecular weight is 426 g/mol. The molecule has 0 bridgehead atoms. The molecule has 1 heterocycles. The number of halogens is 3. The Morgan fingerprint density at radius 2 is 1.67 bits per heavy atom. The summed E-state index contributed by atoms with van der Waals surface area (Å²) in [5, 5.41) is 12.0. The van der Waals surface area contributed by atoms with Crippen molar-refractivity contribution in [1.29, 1.82) is 0 Å². The summed E-state index contributed by atoms with van der Waals surface area (Å²) in [6.07, 6.45) is 1.23. The summed E-state index contributed by atoms with van der Waals surface area (Å²) in [5.74, 6) is -2.00. The maximum Gasteiger partial charge on any atom is 0.335 e. The second kappa shape index (κ2) is 7.23. The number of aromatic hydroxyl groups is 1. The van der Waals surface area contributed by atoms with Crippen LogP contribution >= 0.6 is 34.8 Å². The van der Waals surface area contributed by atoms with Gasteiger partial charge in [0.05, 0.1) is 15.7 Å². The first kappa shape index (κ1) is 19.2. The Bertz CT molecular complexity index is 1010. The van der Waals surface area contributed by atoms with E-state index in [0.29, 0.717) is 16.1 Å². The highest BCUT2D eigenvalue weighted by Crippen LogP contribution is 2.34. The third-order valence-corrected chi connectivity index (χ3v) is 4.68. The van der Waals surface area contributed by atoms with Gasteiger partial charge >= 0.3 is 6.03 Å². The monoisotopic (exact) mass is 424 g/mol. The molecule has 2 aromatic rings. The standard InChI is InChI=1S/C18H11Cl3N2O4/c1-8-2-3-10(19)7-14(8)23-17(26)11(16(25)22-18(23)27)4-9-5-12(20)15(24)13(21)6-9/h2-7,24H,1H3,(H,22,25,27)/b11-4+. The zero-order valence-electron chi connectivity index (χ0n) is 13.7. The fourth-order valence-electron chi connectivity index (χ4n) is 2.53.